The van der Waals surface area contributed by atoms with Crippen molar-refractivity contribution < 1.29 is 27.5 Å². The summed E-state index contributed by atoms with van der Waals surface area (Å²) >= 11 is 2.01. The van der Waals surface area contributed by atoms with E-state index in [-0.39, 0.29) is 12.1 Å². The van der Waals surface area contributed by atoms with Gasteiger partial charge in [0.15, 0.2) is 6.10 Å². The van der Waals surface area contributed by atoms with E-state index >= 15 is 0 Å². The second kappa shape index (κ2) is 8.68. The third kappa shape index (κ3) is 7.88. The molecule has 1 atom stereocenters. The Morgan fingerprint density at radius 3 is 2.48 bits per heavy atom. The van der Waals surface area contributed by atoms with Crippen LogP contribution >= 0.6 is 22.6 Å². The van der Waals surface area contributed by atoms with E-state index in [2.05, 4.69) is 15.6 Å². The van der Waals surface area contributed by atoms with Crippen molar-refractivity contribution in [2.24, 2.45) is 0 Å². The van der Waals surface area contributed by atoms with Crippen LogP contribution in [0.2, 0.25) is 0 Å². The predicted molar refractivity (Wildman–Crippen MR) is 94.5 cm³/mol. The Balaban J connectivity index is 2.81. The first kappa shape index (κ1) is 21.5. The summed E-state index contributed by atoms with van der Waals surface area (Å²) < 4.78 is 43.6. The Hall–Kier alpha value is -1.59. The van der Waals surface area contributed by atoms with E-state index in [1.807, 2.05) is 22.6 Å². The molecule has 0 aliphatic carbocycles. The number of nitrogens with zero attached hydrogens (tertiary/aromatic N) is 1. The van der Waals surface area contributed by atoms with Gasteiger partial charge in [0, 0.05) is 28.3 Å². The summed E-state index contributed by atoms with van der Waals surface area (Å²) in [5.74, 6) is -0.708. The van der Waals surface area contributed by atoms with E-state index < -0.39 is 35.5 Å². The Morgan fingerprint density at radius 2 is 1.96 bits per heavy atom. The highest BCUT2D eigenvalue weighted by Crippen LogP contribution is 2.28. The van der Waals surface area contributed by atoms with Gasteiger partial charge < -0.3 is 15.4 Å². The van der Waals surface area contributed by atoms with Gasteiger partial charge in [-0.1, -0.05) is 22.6 Å². The molecule has 0 aliphatic heterocycles. The lowest BCUT2D eigenvalue weighted by Crippen LogP contribution is -2.44. The van der Waals surface area contributed by atoms with Gasteiger partial charge in [-0.2, -0.15) is 13.2 Å². The minimum absolute atomic E-state index is 0.0781. The summed E-state index contributed by atoms with van der Waals surface area (Å²) in [5, 5.41) is 4.87. The highest BCUT2D eigenvalue weighted by molar-refractivity contribution is 14.1. The number of pyridine rings is 1. The fraction of sp³-hybridized carbons (Fsp3) is 0.533. The summed E-state index contributed by atoms with van der Waals surface area (Å²) in [6, 6.07) is 1.94. The largest absolute Gasteiger partial charge is 0.436 e. The van der Waals surface area contributed by atoms with Crippen LogP contribution in [0, 0.1) is 0 Å². The molecule has 0 fully saturated rings. The van der Waals surface area contributed by atoms with E-state index in [0.717, 1.165) is 6.20 Å². The topological polar surface area (TPSA) is 80.3 Å². The van der Waals surface area contributed by atoms with Crippen LogP contribution in [0.25, 0.3) is 0 Å². The number of halogens is 4. The van der Waals surface area contributed by atoms with Gasteiger partial charge >= 0.3 is 12.3 Å². The summed E-state index contributed by atoms with van der Waals surface area (Å²) in [6.07, 6.45) is -5.35. The monoisotopic (exact) mass is 473 g/mol. The molecule has 1 aromatic heterocycles. The average molecular weight is 473 g/mol. The van der Waals surface area contributed by atoms with E-state index in [4.69, 9.17) is 4.74 Å². The number of rotatable bonds is 5. The summed E-state index contributed by atoms with van der Waals surface area (Å²) in [4.78, 5) is 27.3. The standard InChI is InChI=1S/C15H19F3IN3O3/c1-14(2,3)22-13(24)25-10(4-6-19)12(23)21-9-5-7-20-11(8-9)15(16,17)18/h5,7-8,10H,4,6H2,1-3H3,(H,22,24)(H,20,21,23). The number of hydrogen-bond acceptors (Lipinski definition) is 4. The number of carbonyl (C=O) groups excluding carboxylic acids is 2. The van der Waals surface area contributed by atoms with Crippen molar-refractivity contribution in [3.05, 3.63) is 24.0 Å². The lowest BCUT2D eigenvalue weighted by molar-refractivity contribution is -0.141. The van der Waals surface area contributed by atoms with Crippen LogP contribution in [0.5, 0.6) is 0 Å². The normalized spacial score (nSPS) is 13.1. The van der Waals surface area contributed by atoms with Crippen LogP contribution in [0.3, 0.4) is 0 Å². The zero-order valence-electron chi connectivity index (χ0n) is 13.9. The molecule has 1 aromatic rings. The molecule has 2 amide bonds. The highest BCUT2D eigenvalue weighted by atomic mass is 127. The molecule has 10 heteroatoms. The smallest absolute Gasteiger partial charge is 0.433 e. The summed E-state index contributed by atoms with van der Waals surface area (Å²) in [5.41, 5.74) is -1.75. The first-order valence-corrected chi connectivity index (χ1v) is 8.84. The van der Waals surface area contributed by atoms with Gasteiger partial charge in [-0.05, 0) is 32.9 Å². The van der Waals surface area contributed by atoms with E-state index in [9.17, 15) is 22.8 Å². The molecule has 0 aliphatic rings. The van der Waals surface area contributed by atoms with Gasteiger partial charge in [-0.3, -0.25) is 9.78 Å². The van der Waals surface area contributed by atoms with Gasteiger partial charge in [0.25, 0.3) is 5.91 Å². The van der Waals surface area contributed by atoms with Crippen molar-refractivity contribution in [2.45, 2.75) is 45.0 Å². The molecule has 0 aromatic carbocycles. The Bertz CT molecular complexity index is 618. The molecular weight excluding hydrogens is 454 g/mol. The number of amides is 2. The lowest BCUT2D eigenvalue weighted by atomic mass is 10.1. The van der Waals surface area contributed by atoms with E-state index in [0.29, 0.717) is 10.5 Å². The number of aromatic nitrogens is 1. The van der Waals surface area contributed by atoms with Crippen molar-refractivity contribution in [3.8, 4) is 0 Å². The molecule has 140 valence electrons. The van der Waals surface area contributed by atoms with Gasteiger partial charge in [0.05, 0.1) is 0 Å². The number of hydrogen-bond donors (Lipinski definition) is 2. The van der Waals surface area contributed by atoms with E-state index in [1.165, 1.54) is 6.07 Å². The molecule has 0 spiro atoms. The van der Waals surface area contributed by atoms with Crippen molar-refractivity contribution in [2.75, 3.05) is 9.74 Å². The van der Waals surface area contributed by atoms with Gasteiger partial charge in [-0.25, -0.2) is 4.79 Å². The fourth-order valence-electron chi connectivity index (χ4n) is 1.69. The lowest BCUT2D eigenvalue weighted by Gasteiger charge is -2.23. The van der Waals surface area contributed by atoms with Crippen LogP contribution in [-0.2, 0) is 15.7 Å². The minimum atomic E-state index is -4.62. The molecule has 1 unspecified atom stereocenters. The second-order valence-corrected chi connectivity index (χ2v) is 7.24. The second-order valence-electron chi connectivity index (χ2n) is 6.16. The number of alkyl halides is 4. The maximum Gasteiger partial charge on any atom is 0.433 e. The van der Waals surface area contributed by atoms with Crippen LogP contribution < -0.4 is 10.6 Å². The van der Waals surface area contributed by atoms with Crippen LogP contribution in [0.1, 0.15) is 32.9 Å². The summed E-state index contributed by atoms with van der Waals surface area (Å²) in [7, 11) is 0. The molecule has 1 rings (SSSR count). The molecule has 0 saturated carbocycles. The zero-order valence-corrected chi connectivity index (χ0v) is 16.1. The third-order valence-electron chi connectivity index (χ3n) is 2.71. The van der Waals surface area contributed by atoms with Crippen LogP contribution in [-0.4, -0.2) is 33.1 Å². The highest BCUT2D eigenvalue weighted by Gasteiger charge is 2.33. The molecule has 0 saturated heterocycles. The van der Waals surface area contributed by atoms with Crippen LogP contribution in [0.4, 0.5) is 23.7 Å². The maximum absolute atomic E-state index is 12.7. The molecule has 0 radical (unpaired) electrons. The number of alkyl carbamates (subject to hydrolysis) is 1. The molecule has 2 N–H and O–H groups in total. The summed E-state index contributed by atoms with van der Waals surface area (Å²) in [6.45, 7) is 5.24. The SMILES string of the molecule is CC(C)(C)NC(=O)OC(CCI)C(=O)Nc1ccnc(C(F)(F)F)c1. The molecule has 6 nitrogen and oxygen atoms in total. The molecule has 25 heavy (non-hydrogen) atoms. The van der Waals surface area contributed by atoms with Crippen molar-refractivity contribution in [3.63, 3.8) is 0 Å². The third-order valence-corrected chi connectivity index (χ3v) is 3.33. The fourth-order valence-corrected chi connectivity index (χ4v) is 2.26. The Labute approximate surface area is 157 Å². The number of ether oxygens (including phenoxy) is 1. The van der Waals surface area contributed by atoms with Crippen molar-refractivity contribution >= 4 is 40.3 Å². The van der Waals surface area contributed by atoms with Gasteiger partial charge in [0.2, 0.25) is 0 Å². The Kier molecular flexibility index (Phi) is 7.44. The molecular formula is C15H19F3IN3O3. The van der Waals surface area contributed by atoms with Gasteiger partial charge in [-0.15, -0.1) is 0 Å². The quantitative estimate of drug-likeness (QED) is 0.505. The van der Waals surface area contributed by atoms with Crippen molar-refractivity contribution in [1.29, 1.82) is 0 Å². The molecule has 1 heterocycles. The average Bonchev–Trinajstić information content (AvgIpc) is 2.44. The Morgan fingerprint density at radius 1 is 1.32 bits per heavy atom. The number of nitrogens with one attached hydrogen (secondary N) is 2. The maximum atomic E-state index is 12.7. The van der Waals surface area contributed by atoms with Crippen LogP contribution in [0.15, 0.2) is 18.3 Å². The van der Waals surface area contributed by atoms with Crippen molar-refractivity contribution in [1.82, 2.24) is 10.3 Å². The first-order chi connectivity index (χ1) is 11.4. The predicted octanol–water partition coefficient (Wildman–Crippen LogP) is 3.76. The number of carbonyl (C=O) groups is 2. The van der Waals surface area contributed by atoms with E-state index in [1.54, 1.807) is 20.8 Å². The molecule has 0 bridgehead atoms. The first-order valence-electron chi connectivity index (χ1n) is 7.31. The van der Waals surface area contributed by atoms with Gasteiger partial charge in [0.1, 0.15) is 5.69 Å². The minimum Gasteiger partial charge on any atom is -0.436 e. The number of anilines is 1. The zero-order chi connectivity index (χ0) is 19.3.